The number of fused-ring (bicyclic) bond motifs is 3. The fourth-order valence-corrected chi connectivity index (χ4v) is 2.88. The molecule has 0 atom stereocenters. The Hall–Kier alpha value is -3.34. The summed E-state index contributed by atoms with van der Waals surface area (Å²) in [4.78, 5) is 11.8. The molecule has 4 aromatic rings. The lowest BCUT2D eigenvalue weighted by molar-refractivity contribution is 0.0682. The molecule has 0 bridgehead atoms. The zero-order valence-electron chi connectivity index (χ0n) is 12.7. The minimum atomic E-state index is -1.07. The minimum Gasteiger partial charge on any atom is -0.486 e. The van der Waals surface area contributed by atoms with Crippen molar-refractivity contribution in [3.63, 3.8) is 0 Å². The summed E-state index contributed by atoms with van der Waals surface area (Å²) < 4.78 is 7.36. The van der Waals surface area contributed by atoms with Gasteiger partial charge in [-0.1, -0.05) is 54.6 Å². The van der Waals surface area contributed by atoms with Gasteiger partial charge in [0.25, 0.3) is 0 Å². The van der Waals surface area contributed by atoms with Crippen LogP contribution in [0.2, 0.25) is 0 Å². The van der Waals surface area contributed by atoms with Crippen LogP contribution in [0.25, 0.3) is 16.3 Å². The molecule has 24 heavy (non-hydrogen) atoms. The number of benzene rings is 2. The van der Waals surface area contributed by atoms with Gasteiger partial charge in [0.2, 0.25) is 0 Å². The van der Waals surface area contributed by atoms with Gasteiger partial charge in [-0.25, -0.2) is 9.31 Å². The number of aromatic carboxylic acids is 1. The molecule has 5 heteroatoms. The first kappa shape index (κ1) is 14.3. The molecule has 0 fully saturated rings. The third-order valence-electron chi connectivity index (χ3n) is 3.95. The zero-order chi connectivity index (χ0) is 16.5. The lowest BCUT2D eigenvalue weighted by atomic mass is 10.1. The highest BCUT2D eigenvalue weighted by molar-refractivity contribution is 6.05. The average Bonchev–Trinajstić information content (AvgIpc) is 3.09. The monoisotopic (exact) mass is 318 g/mol. The van der Waals surface area contributed by atoms with E-state index in [4.69, 9.17) is 4.74 Å². The highest BCUT2D eigenvalue weighted by Gasteiger charge is 2.21. The number of ether oxygens (including phenoxy) is 1. The Morgan fingerprint density at radius 1 is 1.00 bits per heavy atom. The molecule has 0 radical (unpaired) electrons. The van der Waals surface area contributed by atoms with Gasteiger partial charge in [-0.15, -0.1) is 0 Å². The van der Waals surface area contributed by atoms with E-state index in [0.717, 1.165) is 21.9 Å². The summed E-state index contributed by atoms with van der Waals surface area (Å²) in [6.45, 7) is 0.290. The first-order valence-electron chi connectivity index (χ1n) is 7.54. The molecule has 0 saturated heterocycles. The summed E-state index contributed by atoms with van der Waals surface area (Å²) in [6, 6.07) is 19.0. The van der Waals surface area contributed by atoms with E-state index < -0.39 is 5.97 Å². The second-order valence-electron chi connectivity index (χ2n) is 5.43. The van der Waals surface area contributed by atoms with E-state index in [2.05, 4.69) is 5.10 Å². The van der Waals surface area contributed by atoms with E-state index in [1.54, 1.807) is 12.3 Å². The van der Waals surface area contributed by atoms with Crippen LogP contribution in [0.5, 0.6) is 5.75 Å². The smallest absolute Gasteiger partial charge is 0.358 e. The second-order valence-corrected chi connectivity index (χ2v) is 5.43. The van der Waals surface area contributed by atoms with Gasteiger partial charge < -0.3 is 9.84 Å². The Labute approximate surface area is 137 Å². The molecule has 0 unspecified atom stereocenters. The molecule has 2 aromatic heterocycles. The van der Waals surface area contributed by atoms with Crippen LogP contribution < -0.4 is 4.74 Å². The van der Waals surface area contributed by atoms with Crippen molar-refractivity contribution in [1.29, 1.82) is 0 Å². The molecular weight excluding hydrogens is 304 g/mol. The van der Waals surface area contributed by atoms with Crippen molar-refractivity contribution in [2.45, 2.75) is 6.61 Å². The maximum atomic E-state index is 11.8. The highest BCUT2D eigenvalue weighted by Crippen LogP contribution is 2.33. The molecule has 0 aliphatic carbocycles. The van der Waals surface area contributed by atoms with E-state index in [1.165, 1.54) is 4.52 Å². The van der Waals surface area contributed by atoms with Crippen LogP contribution in [0.15, 0.2) is 66.9 Å². The van der Waals surface area contributed by atoms with Gasteiger partial charge in [0.05, 0.1) is 11.7 Å². The van der Waals surface area contributed by atoms with E-state index in [0.29, 0.717) is 5.75 Å². The minimum absolute atomic E-state index is 0.0321. The van der Waals surface area contributed by atoms with Crippen LogP contribution >= 0.6 is 0 Å². The molecule has 1 N–H and O–H groups in total. The Balaban J connectivity index is 1.93. The van der Waals surface area contributed by atoms with Crippen LogP contribution in [0.4, 0.5) is 0 Å². The quantitative estimate of drug-likeness (QED) is 0.622. The molecule has 118 valence electrons. The number of carboxylic acids is 1. The van der Waals surface area contributed by atoms with Crippen molar-refractivity contribution in [2.24, 2.45) is 0 Å². The van der Waals surface area contributed by atoms with Gasteiger partial charge in [-0.05, 0) is 11.6 Å². The van der Waals surface area contributed by atoms with Crippen molar-refractivity contribution in [1.82, 2.24) is 9.61 Å². The summed E-state index contributed by atoms with van der Waals surface area (Å²) in [5.74, 6) is -0.740. The van der Waals surface area contributed by atoms with Gasteiger partial charge >= 0.3 is 5.97 Å². The maximum Gasteiger partial charge on any atom is 0.358 e. The molecule has 2 heterocycles. The zero-order valence-corrected chi connectivity index (χ0v) is 12.7. The van der Waals surface area contributed by atoms with Gasteiger partial charge in [0.1, 0.15) is 6.61 Å². The summed E-state index contributed by atoms with van der Waals surface area (Å²) in [6.07, 6.45) is 1.59. The van der Waals surface area contributed by atoms with Crippen molar-refractivity contribution >= 4 is 22.3 Å². The Morgan fingerprint density at radius 3 is 2.46 bits per heavy atom. The standard InChI is InChI=1S/C19H14N2O3/c22-19(23)17-18(24-12-13-6-2-1-3-7-13)15-9-5-4-8-14(15)16-10-11-20-21(16)17/h1-11H,12H2,(H,22,23). The highest BCUT2D eigenvalue weighted by atomic mass is 16.5. The molecule has 0 saturated carbocycles. The third-order valence-corrected chi connectivity index (χ3v) is 3.95. The van der Waals surface area contributed by atoms with E-state index in [9.17, 15) is 9.90 Å². The van der Waals surface area contributed by atoms with Crippen molar-refractivity contribution in [3.8, 4) is 5.75 Å². The Bertz CT molecular complexity index is 1040. The van der Waals surface area contributed by atoms with Gasteiger partial charge in [0.15, 0.2) is 11.4 Å². The largest absolute Gasteiger partial charge is 0.486 e. The predicted molar refractivity (Wildman–Crippen MR) is 90.4 cm³/mol. The lowest BCUT2D eigenvalue weighted by Crippen LogP contribution is -2.11. The lowest BCUT2D eigenvalue weighted by Gasteiger charge is -2.14. The summed E-state index contributed by atoms with van der Waals surface area (Å²) in [5, 5.41) is 15.5. The fourth-order valence-electron chi connectivity index (χ4n) is 2.88. The van der Waals surface area contributed by atoms with E-state index in [-0.39, 0.29) is 12.3 Å². The van der Waals surface area contributed by atoms with Crippen molar-refractivity contribution in [2.75, 3.05) is 0 Å². The van der Waals surface area contributed by atoms with Gasteiger partial charge in [-0.3, -0.25) is 0 Å². The first-order valence-corrected chi connectivity index (χ1v) is 7.54. The number of carboxylic acid groups (broad SMARTS) is 1. The topological polar surface area (TPSA) is 63.8 Å². The number of rotatable bonds is 4. The molecule has 0 amide bonds. The van der Waals surface area contributed by atoms with Crippen LogP contribution in [0.3, 0.4) is 0 Å². The molecule has 2 aromatic carbocycles. The normalized spacial score (nSPS) is 11.0. The second kappa shape index (κ2) is 5.70. The molecule has 5 nitrogen and oxygen atoms in total. The van der Waals surface area contributed by atoms with Crippen LogP contribution in [-0.4, -0.2) is 20.7 Å². The summed E-state index contributed by atoms with van der Waals surface area (Å²) >= 11 is 0. The number of carbonyl (C=O) groups is 1. The van der Waals surface area contributed by atoms with Gasteiger partial charge in [0, 0.05) is 10.8 Å². The first-order chi connectivity index (χ1) is 11.8. The molecule has 0 aliphatic rings. The number of nitrogens with zero attached hydrogens (tertiary/aromatic N) is 2. The molecule has 4 rings (SSSR count). The van der Waals surface area contributed by atoms with Crippen LogP contribution in [0.1, 0.15) is 16.1 Å². The van der Waals surface area contributed by atoms with Crippen molar-refractivity contribution in [3.05, 3.63) is 78.1 Å². The van der Waals surface area contributed by atoms with Crippen LogP contribution in [-0.2, 0) is 6.61 Å². The van der Waals surface area contributed by atoms with E-state index >= 15 is 0 Å². The predicted octanol–water partition coefficient (Wildman–Crippen LogP) is 3.76. The van der Waals surface area contributed by atoms with Crippen LogP contribution in [0, 0.1) is 0 Å². The number of aromatic nitrogens is 2. The SMILES string of the molecule is O=C(O)c1c(OCc2ccccc2)c2ccccc2c2ccnn12. The Kier molecular flexibility index (Phi) is 3.39. The summed E-state index contributed by atoms with van der Waals surface area (Å²) in [5.41, 5.74) is 1.75. The third kappa shape index (κ3) is 2.27. The number of pyridine rings is 1. The van der Waals surface area contributed by atoms with E-state index in [1.807, 2.05) is 54.6 Å². The number of hydrogen-bond donors (Lipinski definition) is 1. The fraction of sp³-hybridized carbons (Fsp3) is 0.0526. The average molecular weight is 318 g/mol. The molecular formula is C19H14N2O3. The molecule has 0 aliphatic heterocycles. The maximum absolute atomic E-state index is 11.8. The molecule has 0 spiro atoms. The van der Waals surface area contributed by atoms with Gasteiger partial charge in [-0.2, -0.15) is 5.10 Å². The number of hydrogen-bond acceptors (Lipinski definition) is 3. The summed E-state index contributed by atoms with van der Waals surface area (Å²) in [7, 11) is 0. The Morgan fingerprint density at radius 2 is 1.71 bits per heavy atom. The van der Waals surface area contributed by atoms with Crippen molar-refractivity contribution < 1.29 is 14.6 Å².